The first-order chi connectivity index (χ1) is 11.5. The van der Waals surface area contributed by atoms with Crippen molar-refractivity contribution in [2.45, 2.75) is 6.54 Å². The minimum absolute atomic E-state index is 0.0326. The highest BCUT2D eigenvalue weighted by Gasteiger charge is 2.13. The van der Waals surface area contributed by atoms with Crippen molar-refractivity contribution in [1.82, 2.24) is 4.90 Å². The second-order valence-corrected chi connectivity index (χ2v) is 5.68. The molecule has 0 fully saturated rings. The largest absolute Gasteiger partial charge is 0.495 e. The van der Waals surface area contributed by atoms with Gasteiger partial charge in [-0.1, -0.05) is 41.9 Å². The summed E-state index contributed by atoms with van der Waals surface area (Å²) in [7, 11) is 4.86. The molecule has 1 amide bonds. The van der Waals surface area contributed by atoms with Crippen LogP contribution in [0.5, 0.6) is 11.5 Å². The summed E-state index contributed by atoms with van der Waals surface area (Å²) in [6, 6.07) is 13.2. The number of hydrogen-bond donors (Lipinski definition) is 1. The van der Waals surface area contributed by atoms with Crippen LogP contribution in [0.15, 0.2) is 42.5 Å². The van der Waals surface area contributed by atoms with Gasteiger partial charge < -0.3 is 19.7 Å². The maximum atomic E-state index is 12.3. The highest BCUT2D eigenvalue weighted by Crippen LogP contribution is 2.35. The molecule has 0 radical (unpaired) electrons. The predicted molar refractivity (Wildman–Crippen MR) is 96.0 cm³/mol. The van der Waals surface area contributed by atoms with E-state index in [0.29, 0.717) is 28.8 Å². The molecule has 1 N–H and O–H groups in total. The summed E-state index contributed by atoms with van der Waals surface area (Å²) < 4.78 is 10.5. The Kier molecular flexibility index (Phi) is 6.32. The van der Waals surface area contributed by atoms with Gasteiger partial charge in [-0.25, -0.2) is 0 Å². The Morgan fingerprint density at radius 2 is 1.79 bits per heavy atom. The van der Waals surface area contributed by atoms with E-state index in [9.17, 15) is 4.79 Å². The monoisotopic (exact) mass is 348 g/mol. The van der Waals surface area contributed by atoms with Crippen LogP contribution in [0.25, 0.3) is 0 Å². The number of benzene rings is 2. The fourth-order valence-corrected chi connectivity index (χ4v) is 2.48. The van der Waals surface area contributed by atoms with Crippen LogP contribution in [0.1, 0.15) is 5.56 Å². The lowest BCUT2D eigenvalue weighted by Gasteiger charge is -2.19. The van der Waals surface area contributed by atoms with Gasteiger partial charge in [-0.05, 0) is 5.56 Å². The molecule has 0 aromatic heterocycles. The molecule has 2 rings (SSSR count). The zero-order chi connectivity index (χ0) is 17.5. The maximum Gasteiger partial charge on any atom is 0.241 e. The van der Waals surface area contributed by atoms with Gasteiger partial charge in [-0.15, -0.1) is 0 Å². The standard InChI is InChI=1S/C18H21ClN2O3/c1-21(12-13-7-5-4-6-8-13)18(22)11-20-15-10-16(23-2)14(19)9-17(15)24-3/h4-10,20H,11-12H2,1-3H3. The van der Waals surface area contributed by atoms with Crippen LogP contribution in [0, 0.1) is 0 Å². The van der Waals surface area contributed by atoms with Gasteiger partial charge in [0.05, 0.1) is 31.5 Å². The minimum Gasteiger partial charge on any atom is -0.495 e. The number of anilines is 1. The fraction of sp³-hybridized carbons (Fsp3) is 0.278. The molecule has 2 aromatic carbocycles. The number of methoxy groups -OCH3 is 2. The number of rotatable bonds is 7. The summed E-state index contributed by atoms with van der Waals surface area (Å²) >= 11 is 6.08. The Hall–Kier alpha value is -2.40. The molecule has 0 bridgehead atoms. The second-order valence-electron chi connectivity index (χ2n) is 5.28. The van der Waals surface area contributed by atoms with E-state index in [2.05, 4.69) is 5.32 Å². The fourth-order valence-electron chi connectivity index (χ4n) is 2.25. The molecule has 6 heteroatoms. The van der Waals surface area contributed by atoms with Crippen molar-refractivity contribution in [2.24, 2.45) is 0 Å². The van der Waals surface area contributed by atoms with Crippen molar-refractivity contribution in [3.63, 3.8) is 0 Å². The smallest absolute Gasteiger partial charge is 0.241 e. The molecule has 0 saturated heterocycles. The van der Waals surface area contributed by atoms with Gasteiger partial charge in [-0.2, -0.15) is 0 Å². The third kappa shape index (κ3) is 4.55. The van der Waals surface area contributed by atoms with E-state index in [1.165, 1.54) is 7.11 Å². The number of nitrogens with one attached hydrogen (secondary N) is 1. The Bertz CT molecular complexity index is 692. The van der Waals surface area contributed by atoms with Gasteiger partial charge in [0.2, 0.25) is 5.91 Å². The average molecular weight is 349 g/mol. The number of halogens is 1. The lowest BCUT2D eigenvalue weighted by Crippen LogP contribution is -2.31. The minimum atomic E-state index is -0.0326. The Morgan fingerprint density at radius 1 is 1.12 bits per heavy atom. The van der Waals surface area contributed by atoms with Crippen LogP contribution in [0.3, 0.4) is 0 Å². The highest BCUT2D eigenvalue weighted by atomic mass is 35.5. The van der Waals surface area contributed by atoms with Gasteiger partial charge >= 0.3 is 0 Å². The van der Waals surface area contributed by atoms with Gasteiger partial charge in [0, 0.05) is 25.7 Å². The number of likely N-dealkylation sites (N-methyl/N-ethyl adjacent to an activating group) is 1. The van der Waals surface area contributed by atoms with E-state index in [1.807, 2.05) is 30.3 Å². The lowest BCUT2D eigenvalue weighted by molar-refractivity contribution is -0.128. The average Bonchev–Trinajstić information content (AvgIpc) is 2.60. The third-order valence-corrected chi connectivity index (χ3v) is 3.89. The number of nitrogens with zero attached hydrogens (tertiary/aromatic N) is 1. The van der Waals surface area contributed by atoms with Gasteiger partial charge in [-0.3, -0.25) is 4.79 Å². The van der Waals surface area contributed by atoms with E-state index in [1.54, 1.807) is 31.2 Å². The molecular weight excluding hydrogens is 328 g/mol. The number of carbonyl (C=O) groups is 1. The Labute approximate surface area is 147 Å². The summed E-state index contributed by atoms with van der Waals surface area (Å²) in [6.45, 7) is 0.701. The molecule has 0 aliphatic rings. The molecule has 0 atom stereocenters. The molecule has 0 unspecified atom stereocenters. The molecule has 0 heterocycles. The SMILES string of the molecule is COc1cc(NCC(=O)N(C)Cc2ccccc2)c(OC)cc1Cl. The number of carbonyl (C=O) groups excluding carboxylic acids is 1. The van der Waals surface area contributed by atoms with Crippen LogP contribution in [0.2, 0.25) is 5.02 Å². The van der Waals surface area contributed by atoms with Crippen LogP contribution in [-0.4, -0.2) is 38.6 Å². The summed E-state index contributed by atoms with van der Waals surface area (Å²) in [6.07, 6.45) is 0. The molecule has 128 valence electrons. The molecule has 24 heavy (non-hydrogen) atoms. The molecular formula is C18H21ClN2O3. The topological polar surface area (TPSA) is 50.8 Å². The number of amides is 1. The van der Waals surface area contributed by atoms with Crippen molar-refractivity contribution >= 4 is 23.2 Å². The Balaban J connectivity index is 2.00. The summed E-state index contributed by atoms with van der Waals surface area (Å²) in [5.74, 6) is 1.04. The Morgan fingerprint density at radius 3 is 2.42 bits per heavy atom. The number of ether oxygens (including phenoxy) is 2. The second kappa shape index (κ2) is 8.45. The maximum absolute atomic E-state index is 12.3. The van der Waals surface area contributed by atoms with Crippen LogP contribution >= 0.6 is 11.6 Å². The molecule has 5 nitrogen and oxygen atoms in total. The third-order valence-electron chi connectivity index (χ3n) is 3.59. The summed E-state index contributed by atoms with van der Waals surface area (Å²) in [5.41, 5.74) is 1.74. The van der Waals surface area contributed by atoms with E-state index >= 15 is 0 Å². The van der Waals surface area contributed by atoms with Crippen molar-refractivity contribution in [3.05, 3.63) is 53.1 Å². The molecule has 0 saturated carbocycles. The molecule has 0 spiro atoms. The van der Waals surface area contributed by atoms with Crippen molar-refractivity contribution in [3.8, 4) is 11.5 Å². The van der Waals surface area contributed by atoms with Gasteiger partial charge in [0.1, 0.15) is 11.5 Å². The predicted octanol–water partition coefficient (Wildman–Crippen LogP) is 3.43. The van der Waals surface area contributed by atoms with E-state index in [4.69, 9.17) is 21.1 Å². The first kappa shape index (κ1) is 17.9. The van der Waals surface area contributed by atoms with Crippen LogP contribution in [0.4, 0.5) is 5.69 Å². The summed E-state index contributed by atoms with van der Waals surface area (Å²) in [5, 5.41) is 3.53. The number of hydrogen-bond acceptors (Lipinski definition) is 4. The van der Waals surface area contributed by atoms with Crippen molar-refractivity contribution < 1.29 is 14.3 Å². The quantitative estimate of drug-likeness (QED) is 0.833. The molecule has 0 aliphatic heterocycles. The van der Waals surface area contributed by atoms with Crippen LogP contribution in [-0.2, 0) is 11.3 Å². The molecule has 2 aromatic rings. The summed E-state index contributed by atoms with van der Waals surface area (Å²) in [4.78, 5) is 14.0. The van der Waals surface area contributed by atoms with Crippen LogP contribution < -0.4 is 14.8 Å². The zero-order valence-electron chi connectivity index (χ0n) is 14.0. The lowest BCUT2D eigenvalue weighted by atomic mass is 10.2. The van der Waals surface area contributed by atoms with Crippen molar-refractivity contribution in [1.29, 1.82) is 0 Å². The van der Waals surface area contributed by atoms with Crippen molar-refractivity contribution in [2.75, 3.05) is 33.1 Å². The normalized spacial score (nSPS) is 10.2. The zero-order valence-corrected chi connectivity index (χ0v) is 14.8. The molecule has 0 aliphatic carbocycles. The van der Waals surface area contributed by atoms with Gasteiger partial charge in [0.15, 0.2) is 0 Å². The van der Waals surface area contributed by atoms with E-state index in [-0.39, 0.29) is 12.5 Å². The van der Waals surface area contributed by atoms with E-state index in [0.717, 1.165) is 5.56 Å². The first-order valence-electron chi connectivity index (χ1n) is 7.48. The van der Waals surface area contributed by atoms with Gasteiger partial charge in [0.25, 0.3) is 0 Å². The van der Waals surface area contributed by atoms with E-state index < -0.39 is 0 Å². The highest BCUT2D eigenvalue weighted by molar-refractivity contribution is 6.32. The first-order valence-corrected chi connectivity index (χ1v) is 7.86.